The predicted molar refractivity (Wildman–Crippen MR) is 86.8 cm³/mol. The zero-order valence-corrected chi connectivity index (χ0v) is 12.5. The first-order valence-corrected chi connectivity index (χ1v) is 7.15. The van der Waals surface area contributed by atoms with Gasteiger partial charge in [0, 0.05) is 11.6 Å². The van der Waals surface area contributed by atoms with Crippen molar-refractivity contribution in [3.8, 4) is 11.8 Å². The Labute approximate surface area is 127 Å². The molecule has 0 fully saturated rings. The molecule has 1 N–H and O–H groups in total. The summed E-state index contributed by atoms with van der Waals surface area (Å²) in [7, 11) is 1.98. The first-order valence-electron chi connectivity index (χ1n) is 7.15. The van der Waals surface area contributed by atoms with Gasteiger partial charge in [-0.1, -0.05) is 60.4 Å². The Morgan fingerprint density at radius 1 is 1.00 bits per heavy atom. The molecule has 2 aromatic rings. The zero-order valence-electron chi connectivity index (χ0n) is 12.5. The third kappa shape index (κ3) is 4.46. The SMILES string of the molecule is C[C@@H]([C@H](O)c1ccccc1)N(C)CC#Cc1ccccc1. The second-order valence-corrected chi connectivity index (χ2v) is 5.18. The number of likely N-dealkylation sites (N-methyl/N-ethyl adjacent to an activating group) is 1. The van der Waals surface area contributed by atoms with Crippen LogP contribution in [0.25, 0.3) is 0 Å². The van der Waals surface area contributed by atoms with Gasteiger partial charge in [-0.25, -0.2) is 0 Å². The van der Waals surface area contributed by atoms with Gasteiger partial charge in [0.25, 0.3) is 0 Å². The van der Waals surface area contributed by atoms with Gasteiger partial charge in [-0.2, -0.15) is 0 Å². The van der Waals surface area contributed by atoms with Crippen molar-refractivity contribution in [1.82, 2.24) is 4.90 Å². The molecule has 2 nitrogen and oxygen atoms in total. The van der Waals surface area contributed by atoms with E-state index in [1.165, 1.54) is 0 Å². The van der Waals surface area contributed by atoms with E-state index in [2.05, 4.69) is 16.7 Å². The normalized spacial score (nSPS) is 13.3. The minimum absolute atomic E-state index is 0.0115. The summed E-state index contributed by atoms with van der Waals surface area (Å²) < 4.78 is 0. The Morgan fingerprint density at radius 3 is 2.19 bits per heavy atom. The van der Waals surface area contributed by atoms with E-state index in [1.54, 1.807) is 0 Å². The highest BCUT2D eigenvalue weighted by molar-refractivity contribution is 5.33. The highest BCUT2D eigenvalue weighted by atomic mass is 16.3. The van der Waals surface area contributed by atoms with E-state index in [0.717, 1.165) is 11.1 Å². The van der Waals surface area contributed by atoms with Gasteiger partial charge < -0.3 is 5.11 Å². The smallest absolute Gasteiger partial charge is 0.0942 e. The van der Waals surface area contributed by atoms with Crippen molar-refractivity contribution in [3.63, 3.8) is 0 Å². The van der Waals surface area contributed by atoms with Crippen LogP contribution < -0.4 is 0 Å². The van der Waals surface area contributed by atoms with Crippen molar-refractivity contribution in [2.45, 2.75) is 19.1 Å². The van der Waals surface area contributed by atoms with Crippen LogP contribution in [0.1, 0.15) is 24.2 Å². The molecule has 0 heterocycles. The summed E-state index contributed by atoms with van der Waals surface area (Å²) in [4.78, 5) is 2.06. The molecule has 0 amide bonds. The molecule has 0 saturated carbocycles. The summed E-state index contributed by atoms with van der Waals surface area (Å²) in [5, 5.41) is 10.4. The molecule has 0 saturated heterocycles. The van der Waals surface area contributed by atoms with E-state index in [9.17, 15) is 5.11 Å². The molecule has 108 valence electrons. The zero-order chi connectivity index (χ0) is 15.1. The van der Waals surface area contributed by atoms with Crippen LogP contribution in [0.2, 0.25) is 0 Å². The summed E-state index contributed by atoms with van der Waals surface area (Å²) in [5.41, 5.74) is 1.95. The predicted octanol–water partition coefficient (Wildman–Crippen LogP) is 3.09. The highest BCUT2D eigenvalue weighted by Gasteiger charge is 2.19. The number of benzene rings is 2. The van der Waals surface area contributed by atoms with Gasteiger partial charge in [0.1, 0.15) is 0 Å². The lowest BCUT2D eigenvalue weighted by molar-refractivity contribution is 0.0796. The van der Waals surface area contributed by atoms with Crippen molar-refractivity contribution in [2.75, 3.05) is 13.6 Å². The van der Waals surface area contributed by atoms with Crippen LogP contribution in [0.3, 0.4) is 0 Å². The minimum atomic E-state index is -0.505. The van der Waals surface area contributed by atoms with E-state index in [4.69, 9.17) is 0 Å². The fraction of sp³-hybridized carbons (Fsp3) is 0.263. The van der Waals surface area contributed by atoms with Gasteiger partial charge in [-0.3, -0.25) is 4.90 Å². The number of nitrogens with zero attached hydrogens (tertiary/aromatic N) is 1. The molecule has 0 aromatic heterocycles. The van der Waals surface area contributed by atoms with Crippen LogP contribution in [-0.4, -0.2) is 29.6 Å². The van der Waals surface area contributed by atoms with Crippen molar-refractivity contribution in [1.29, 1.82) is 0 Å². The van der Waals surface area contributed by atoms with Crippen molar-refractivity contribution in [3.05, 3.63) is 71.8 Å². The average molecular weight is 279 g/mol. The number of aliphatic hydroxyl groups is 1. The molecule has 2 aromatic carbocycles. The monoisotopic (exact) mass is 279 g/mol. The molecule has 0 unspecified atom stereocenters. The quantitative estimate of drug-likeness (QED) is 0.869. The molecule has 2 atom stereocenters. The standard InChI is InChI=1S/C19H21NO/c1-16(19(21)18-13-7-4-8-14-18)20(2)15-9-12-17-10-5-3-6-11-17/h3-8,10-11,13-14,16,19,21H,15H2,1-2H3/t16-,19-/m0/s1. The summed E-state index contributed by atoms with van der Waals surface area (Å²) >= 11 is 0. The largest absolute Gasteiger partial charge is 0.387 e. The first kappa shape index (κ1) is 15.3. The van der Waals surface area contributed by atoms with Crippen LogP contribution in [0, 0.1) is 11.8 Å². The van der Waals surface area contributed by atoms with Crippen molar-refractivity contribution >= 4 is 0 Å². The lowest BCUT2D eigenvalue weighted by Crippen LogP contribution is -2.34. The second-order valence-electron chi connectivity index (χ2n) is 5.18. The molecule has 0 bridgehead atoms. The Kier molecular flexibility index (Phi) is 5.57. The summed E-state index contributed by atoms with van der Waals surface area (Å²) in [6, 6.07) is 19.7. The fourth-order valence-electron chi connectivity index (χ4n) is 2.10. The molecule has 2 heteroatoms. The van der Waals surface area contributed by atoms with Gasteiger partial charge in [0.15, 0.2) is 0 Å². The fourth-order valence-corrected chi connectivity index (χ4v) is 2.10. The maximum Gasteiger partial charge on any atom is 0.0942 e. The molecule has 0 aliphatic carbocycles. The van der Waals surface area contributed by atoms with E-state index in [0.29, 0.717) is 6.54 Å². The van der Waals surface area contributed by atoms with E-state index in [-0.39, 0.29) is 6.04 Å². The minimum Gasteiger partial charge on any atom is -0.387 e. The van der Waals surface area contributed by atoms with Crippen molar-refractivity contribution < 1.29 is 5.11 Å². The van der Waals surface area contributed by atoms with Crippen LogP contribution in [0.15, 0.2) is 60.7 Å². The molecule has 21 heavy (non-hydrogen) atoms. The summed E-state index contributed by atoms with van der Waals surface area (Å²) in [6.07, 6.45) is -0.505. The maximum absolute atomic E-state index is 10.4. The Hall–Kier alpha value is -2.08. The highest BCUT2D eigenvalue weighted by Crippen LogP contribution is 2.19. The van der Waals surface area contributed by atoms with Gasteiger partial charge in [-0.05, 0) is 31.7 Å². The lowest BCUT2D eigenvalue weighted by Gasteiger charge is -2.27. The molecule has 0 radical (unpaired) electrons. The summed E-state index contributed by atoms with van der Waals surface area (Å²) in [6.45, 7) is 2.64. The Bertz CT molecular complexity index is 598. The molecule has 2 rings (SSSR count). The number of aliphatic hydroxyl groups excluding tert-OH is 1. The van der Waals surface area contributed by atoms with Crippen LogP contribution in [-0.2, 0) is 0 Å². The topological polar surface area (TPSA) is 23.5 Å². The molecule has 0 aliphatic heterocycles. The Morgan fingerprint density at radius 2 is 1.57 bits per heavy atom. The lowest BCUT2D eigenvalue weighted by atomic mass is 10.0. The average Bonchev–Trinajstić information content (AvgIpc) is 2.55. The van der Waals surface area contributed by atoms with Crippen molar-refractivity contribution in [2.24, 2.45) is 0 Å². The maximum atomic E-state index is 10.4. The summed E-state index contributed by atoms with van der Waals surface area (Å²) in [5.74, 6) is 6.29. The first-order chi connectivity index (χ1) is 10.2. The van der Waals surface area contributed by atoms with Gasteiger partial charge in [0.2, 0.25) is 0 Å². The molecule has 0 aliphatic rings. The Balaban J connectivity index is 1.94. The van der Waals surface area contributed by atoms with Crippen LogP contribution in [0.5, 0.6) is 0 Å². The van der Waals surface area contributed by atoms with Gasteiger partial charge >= 0.3 is 0 Å². The van der Waals surface area contributed by atoms with E-state index < -0.39 is 6.10 Å². The van der Waals surface area contributed by atoms with E-state index in [1.807, 2.05) is 74.6 Å². The number of hydrogen-bond acceptors (Lipinski definition) is 2. The van der Waals surface area contributed by atoms with Crippen LogP contribution >= 0.6 is 0 Å². The molecule has 0 spiro atoms. The van der Waals surface area contributed by atoms with Crippen LogP contribution in [0.4, 0.5) is 0 Å². The third-order valence-electron chi connectivity index (χ3n) is 3.63. The number of hydrogen-bond donors (Lipinski definition) is 1. The van der Waals surface area contributed by atoms with Gasteiger partial charge in [0.05, 0.1) is 12.6 Å². The number of rotatable bonds is 4. The van der Waals surface area contributed by atoms with Gasteiger partial charge in [-0.15, -0.1) is 0 Å². The second kappa shape index (κ2) is 7.64. The molecular weight excluding hydrogens is 258 g/mol. The third-order valence-corrected chi connectivity index (χ3v) is 3.63. The van der Waals surface area contributed by atoms with E-state index >= 15 is 0 Å². The molecular formula is C19H21NO.